The predicted octanol–water partition coefficient (Wildman–Crippen LogP) is 5.19. The third-order valence-electron chi connectivity index (χ3n) is 5.50. The molecule has 1 fully saturated rings. The molecule has 3 heteroatoms. The molecule has 2 nitrogen and oxygen atoms in total. The van der Waals surface area contributed by atoms with E-state index in [1.807, 2.05) is 6.07 Å². The van der Waals surface area contributed by atoms with Crippen molar-refractivity contribution in [3.05, 3.63) is 89.5 Å². The lowest BCUT2D eigenvalue weighted by molar-refractivity contribution is 0.221. The van der Waals surface area contributed by atoms with E-state index in [2.05, 4.69) is 78.6 Å². The Bertz CT molecular complexity index is 919. The Hall–Kier alpha value is -2.15. The van der Waals surface area contributed by atoms with Gasteiger partial charge in [0.25, 0.3) is 0 Å². The zero-order chi connectivity index (χ0) is 19.9. The summed E-state index contributed by atoms with van der Waals surface area (Å²) in [6.07, 6.45) is 4.05. The molecule has 29 heavy (non-hydrogen) atoms. The Balaban J connectivity index is 1.51. The van der Waals surface area contributed by atoms with E-state index in [1.54, 1.807) is 0 Å². The summed E-state index contributed by atoms with van der Waals surface area (Å²) in [6, 6.07) is 25.8. The van der Waals surface area contributed by atoms with Gasteiger partial charge in [-0.15, -0.1) is 0 Å². The van der Waals surface area contributed by atoms with Crippen molar-refractivity contribution < 1.29 is 4.74 Å². The number of nitrogens with zero attached hydrogens (tertiary/aromatic N) is 1. The highest BCUT2D eigenvalue weighted by molar-refractivity contribution is 7.55. The monoisotopic (exact) mass is 403 g/mol. The molecule has 0 spiro atoms. The van der Waals surface area contributed by atoms with Crippen LogP contribution < -0.4 is 15.3 Å². The van der Waals surface area contributed by atoms with E-state index >= 15 is 0 Å². The first-order valence-electron chi connectivity index (χ1n) is 10.6. The maximum absolute atomic E-state index is 6.21. The van der Waals surface area contributed by atoms with Crippen LogP contribution in [0.25, 0.3) is 0 Å². The molecule has 3 aromatic rings. The first-order valence-corrected chi connectivity index (χ1v) is 11.6. The quantitative estimate of drug-likeness (QED) is 0.504. The molecule has 1 aliphatic rings. The lowest BCUT2D eigenvalue weighted by Gasteiger charge is -2.27. The highest BCUT2D eigenvalue weighted by atomic mass is 31.1. The van der Waals surface area contributed by atoms with Crippen LogP contribution in [0, 0.1) is 6.92 Å². The lowest BCUT2D eigenvalue weighted by Crippen LogP contribution is -2.30. The molecule has 1 saturated heterocycles. The predicted molar refractivity (Wildman–Crippen MR) is 125 cm³/mol. The van der Waals surface area contributed by atoms with Crippen LogP contribution in [0.3, 0.4) is 0 Å². The molecule has 0 saturated carbocycles. The number of hydrogen-bond donors (Lipinski definition) is 0. The van der Waals surface area contributed by atoms with E-state index in [0.717, 1.165) is 12.3 Å². The molecule has 1 aliphatic heterocycles. The Morgan fingerprint density at radius 3 is 2.41 bits per heavy atom. The summed E-state index contributed by atoms with van der Waals surface area (Å²) in [6.45, 7) is 6.33. The molecular weight excluding hydrogens is 373 g/mol. The summed E-state index contributed by atoms with van der Waals surface area (Å²) in [5.41, 5.74) is 4.02. The van der Waals surface area contributed by atoms with E-state index < -0.39 is 0 Å². The molecule has 3 aromatic carbocycles. The number of piperidine rings is 1. The fourth-order valence-corrected chi connectivity index (χ4v) is 5.14. The Labute approximate surface area is 176 Å². The van der Waals surface area contributed by atoms with Crippen LogP contribution >= 0.6 is 8.58 Å². The summed E-state index contributed by atoms with van der Waals surface area (Å²) in [4.78, 5) is 2.62. The summed E-state index contributed by atoms with van der Waals surface area (Å²) >= 11 is 0. The third-order valence-corrected chi connectivity index (χ3v) is 6.94. The standard InChI is InChI=1S/C26H30NOP/c1-21-14-15-25(23(18-21)19-27-16-8-3-9-17-27)29-26-13-7-6-12-24(26)28-20-22-10-4-2-5-11-22/h2,4-7,10-15,18,29H,3,8-9,16-17,19-20H2,1H3. The van der Waals surface area contributed by atoms with Gasteiger partial charge in [-0.25, -0.2) is 0 Å². The van der Waals surface area contributed by atoms with Crippen LogP contribution in [0.5, 0.6) is 5.75 Å². The zero-order valence-electron chi connectivity index (χ0n) is 17.2. The molecule has 0 radical (unpaired) electrons. The van der Waals surface area contributed by atoms with Gasteiger partial charge in [0.15, 0.2) is 0 Å². The van der Waals surface area contributed by atoms with Gasteiger partial charge in [-0.2, -0.15) is 0 Å². The first kappa shape index (κ1) is 20.1. The summed E-state index contributed by atoms with van der Waals surface area (Å²) in [5, 5.41) is 2.73. The fraction of sp³-hybridized carbons (Fsp3) is 0.308. The maximum atomic E-state index is 6.21. The van der Waals surface area contributed by atoms with Crippen molar-refractivity contribution in [3.8, 4) is 5.75 Å². The minimum Gasteiger partial charge on any atom is -0.488 e. The molecule has 0 N–H and O–H groups in total. The van der Waals surface area contributed by atoms with E-state index in [1.165, 1.54) is 59.7 Å². The van der Waals surface area contributed by atoms with Crippen molar-refractivity contribution in [1.29, 1.82) is 0 Å². The molecule has 150 valence electrons. The van der Waals surface area contributed by atoms with Crippen molar-refractivity contribution in [2.24, 2.45) is 0 Å². The van der Waals surface area contributed by atoms with Gasteiger partial charge in [-0.05, 0) is 55.4 Å². The molecule has 1 unspecified atom stereocenters. The Morgan fingerprint density at radius 2 is 1.59 bits per heavy atom. The second-order valence-corrected chi connectivity index (χ2v) is 9.22. The van der Waals surface area contributed by atoms with E-state index in [0.29, 0.717) is 15.2 Å². The average molecular weight is 404 g/mol. The average Bonchev–Trinajstić information content (AvgIpc) is 2.76. The number of benzene rings is 3. The molecule has 0 bridgehead atoms. The lowest BCUT2D eigenvalue weighted by atomic mass is 10.1. The smallest absolute Gasteiger partial charge is 0.127 e. The second-order valence-electron chi connectivity index (χ2n) is 7.89. The molecule has 0 aliphatic carbocycles. The van der Waals surface area contributed by atoms with Crippen LogP contribution in [0.15, 0.2) is 72.8 Å². The van der Waals surface area contributed by atoms with Crippen molar-refractivity contribution in [2.75, 3.05) is 13.1 Å². The van der Waals surface area contributed by atoms with Gasteiger partial charge in [0.05, 0.1) is 0 Å². The van der Waals surface area contributed by atoms with Crippen LogP contribution in [-0.2, 0) is 13.2 Å². The summed E-state index contributed by atoms with van der Waals surface area (Å²) in [7, 11) is 0.608. The van der Waals surface area contributed by atoms with E-state index in [4.69, 9.17) is 4.74 Å². The van der Waals surface area contributed by atoms with Crippen molar-refractivity contribution >= 4 is 19.2 Å². The fourth-order valence-electron chi connectivity index (χ4n) is 3.91. The topological polar surface area (TPSA) is 12.5 Å². The largest absolute Gasteiger partial charge is 0.488 e. The van der Waals surface area contributed by atoms with Crippen molar-refractivity contribution in [1.82, 2.24) is 4.90 Å². The zero-order valence-corrected chi connectivity index (χ0v) is 18.2. The number of likely N-dealkylation sites (tertiary alicyclic amines) is 1. The van der Waals surface area contributed by atoms with Gasteiger partial charge in [-0.1, -0.05) is 87.3 Å². The Morgan fingerprint density at radius 1 is 0.828 bits per heavy atom. The molecule has 1 atom stereocenters. The van der Waals surface area contributed by atoms with Crippen LogP contribution in [-0.4, -0.2) is 18.0 Å². The highest BCUT2D eigenvalue weighted by Gasteiger charge is 2.14. The molecular formula is C26H30NOP. The number of rotatable bonds is 7. The Kier molecular flexibility index (Phi) is 6.98. The van der Waals surface area contributed by atoms with Gasteiger partial charge in [-0.3, -0.25) is 4.90 Å². The minimum absolute atomic E-state index is 0.608. The maximum Gasteiger partial charge on any atom is 0.127 e. The van der Waals surface area contributed by atoms with Gasteiger partial charge in [0.1, 0.15) is 12.4 Å². The summed E-state index contributed by atoms with van der Waals surface area (Å²) < 4.78 is 6.21. The molecule has 0 aromatic heterocycles. The highest BCUT2D eigenvalue weighted by Crippen LogP contribution is 2.23. The number of para-hydroxylation sites is 1. The molecule has 4 rings (SSSR count). The van der Waals surface area contributed by atoms with Crippen molar-refractivity contribution in [2.45, 2.75) is 39.3 Å². The molecule has 1 heterocycles. The number of hydrogen-bond acceptors (Lipinski definition) is 2. The van der Waals surface area contributed by atoms with Gasteiger partial charge < -0.3 is 4.74 Å². The van der Waals surface area contributed by atoms with Gasteiger partial charge in [0.2, 0.25) is 0 Å². The van der Waals surface area contributed by atoms with E-state index in [-0.39, 0.29) is 0 Å². The van der Waals surface area contributed by atoms with Crippen LogP contribution in [0.4, 0.5) is 0 Å². The number of ether oxygens (including phenoxy) is 1. The normalized spacial score (nSPS) is 15.1. The second kappa shape index (κ2) is 10.1. The van der Waals surface area contributed by atoms with Crippen molar-refractivity contribution in [3.63, 3.8) is 0 Å². The minimum atomic E-state index is 0.608. The van der Waals surface area contributed by atoms with Crippen LogP contribution in [0.1, 0.15) is 36.0 Å². The van der Waals surface area contributed by atoms with Gasteiger partial charge >= 0.3 is 0 Å². The van der Waals surface area contributed by atoms with Crippen LogP contribution in [0.2, 0.25) is 0 Å². The van der Waals surface area contributed by atoms with Gasteiger partial charge in [0, 0.05) is 11.8 Å². The molecule has 0 amide bonds. The first-order chi connectivity index (χ1) is 14.3. The number of aryl methyl sites for hydroxylation is 1. The third kappa shape index (κ3) is 5.69. The van der Waals surface area contributed by atoms with E-state index in [9.17, 15) is 0 Å². The SMILES string of the molecule is Cc1ccc(Pc2ccccc2OCc2ccccc2)c(CN2CCCCC2)c1. The summed E-state index contributed by atoms with van der Waals surface area (Å²) in [5.74, 6) is 0.999.